The molecule has 81 heavy (non-hydrogen) atoms. The van der Waals surface area contributed by atoms with Crippen molar-refractivity contribution >= 4 is 55.0 Å². The normalized spacial score (nSPS) is 30.1. The quantitative estimate of drug-likeness (QED) is 0.151. The highest BCUT2D eigenvalue weighted by Crippen LogP contribution is 2.76. The minimum absolute atomic E-state index is 0.107. The fourth-order valence-corrected chi connectivity index (χ4v) is 19.7. The zero-order valence-corrected chi connectivity index (χ0v) is 46.9. The van der Waals surface area contributed by atoms with Gasteiger partial charge in [0.1, 0.15) is 0 Å². The van der Waals surface area contributed by atoms with Crippen molar-refractivity contribution in [1.82, 2.24) is 0 Å². The minimum Gasteiger partial charge on any atom is -0.0839 e. The zero-order valence-electron chi connectivity index (χ0n) is 46.9. The van der Waals surface area contributed by atoms with E-state index in [9.17, 15) is 0 Å². The van der Waals surface area contributed by atoms with E-state index in [-0.39, 0.29) is 28.6 Å². The van der Waals surface area contributed by atoms with Crippen molar-refractivity contribution in [3.05, 3.63) is 308 Å². The Morgan fingerprint density at radius 1 is 0.506 bits per heavy atom. The van der Waals surface area contributed by atoms with Crippen LogP contribution in [0.4, 0.5) is 0 Å². The van der Waals surface area contributed by atoms with Gasteiger partial charge in [-0.15, -0.1) is 0 Å². The number of fused-ring (bicyclic) bond motifs is 10. The molecule has 0 saturated heterocycles. The van der Waals surface area contributed by atoms with E-state index in [1.807, 2.05) is 0 Å². The molecule has 388 valence electrons. The average Bonchev–Trinajstić information content (AvgIpc) is 3.77. The summed E-state index contributed by atoms with van der Waals surface area (Å²) < 4.78 is 0. The molecular formula is C81H64. The van der Waals surface area contributed by atoms with Crippen molar-refractivity contribution in [3.8, 4) is 11.1 Å². The minimum atomic E-state index is -0.180. The molecule has 18 rings (SSSR count). The Hall–Kier alpha value is -8.32. The number of hydrogen-bond acceptors (Lipinski definition) is 0. The van der Waals surface area contributed by atoms with Crippen LogP contribution in [-0.4, -0.2) is 0 Å². The molecule has 10 atom stereocenters. The second kappa shape index (κ2) is 16.4. The topological polar surface area (TPSA) is 0 Å². The molecule has 0 heterocycles. The smallest absolute Gasteiger partial charge is 0.0246 e. The predicted octanol–water partition coefficient (Wildman–Crippen LogP) is 20.3. The standard InChI is InChI=1S/C81H64/c1-45-38-43-64-76-65(48-22-10-6-11-23-48)71-57-33-19-31-55-53(39-41-59(68(55)57)72(71)66(49-24-12-7-13-25-49)75(76)63-37-21-36-62(45)80(63,64)4)54-40-42-60-69-56(54)32-20-34-58(69)73-67(50-26-14-8-15-27-50)79-61-35-18-30-52-46(2)44-47(3)77(70(52)61)81(79,5)78(74(60)73)51-28-16-9-17-29-51/h7-10,12-44,47,52,62,65,70,76-78H,6,11H2,1-5H3. The van der Waals surface area contributed by atoms with Crippen LogP contribution < -0.4 is 0 Å². The van der Waals surface area contributed by atoms with Gasteiger partial charge in [0.2, 0.25) is 0 Å². The number of hydrogen-bond donors (Lipinski definition) is 0. The monoisotopic (exact) mass is 1040 g/mol. The van der Waals surface area contributed by atoms with Crippen molar-refractivity contribution in [2.75, 3.05) is 0 Å². The third kappa shape index (κ3) is 5.72. The molecule has 0 N–H and O–H groups in total. The second-order valence-electron chi connectivity index (χ2n) is 25.9. The number of rotatable bonds is 5. The van der Waals surface area contributed by atoms with Crippen molar-refractivity contribution in [3.63, 3.8) is 0 Å². The second-order valence-corrected chi connectivity index (χ2v) is 25.9. The maximum Gasteiger partial charge on any atom is 0.0246 e. The van der Waals surface area contributed by atoms with E-state index in [2.05, 4.69) is 259 Å². The molecule has 0 aliphatic heterocycles. The van der Waals surface area contributed by atoms with Crippen LogP contribution in [0.2, 0.25) is 0 Å². The maximum absolute atomic E-state index is 2.69. The molecule has 11 aliphatic rings. The lowest BCUT2D eigenvalue weighted by Crippen LogP contribution is -2.42. The van der Waals surface area contributed by atoms with Gasteiger partial charge in [0.15, 0.2) is 0 Å². The van der Waals surface area contributed by atoms with Crippen LogP contribution in [0, 0.1) is 52.3 Å². The van der Waals surface area contributed by atoms with Gasteiger partial charge in [-0.1, -0.05) is 262 Å². The molecule has 0 bridgehead atoms. The van der Waals surface area contributed by atoms with Crippen molar-refractivity contribution < 1.29 is 0 Å². The fraction of sp³-hybridized carbons (Fsp3) is 0.210. The molecule has 2 saturated carbocycles. The van der Waals surface area contributed by atoms with Gasteiger partial charge >= 0.3 is 0 Å². The van der Waals surface area contributed by atoms with Crippen molar-refractivity contribution in [1.29, 1.82) is 0 Å². The molecule has 7 aromatic rings. The summed E-state index contributed by atoms with van der Waals surface area (Å²) in [5.41, 5.74) is 33.0. The van der Waals surface area contributed by atoms with Crippen molar-refractivity contribution in [2.45, 2.75) is 53.4 Å². The first-order valence-corrected chi connectivity index (χ1v) is 30.3. The summed E-state index contributed by atoms with van der Waals surface area (Å²) in [6.45, 7) is 12.5. The van der Waals surface area contributed by atoms with Crippen LogP contribution in [0.5, 0.6) is 0 Å². The van der Waals surface area contributed by atoms with E-state index in [4.69, 9.17) is 0 Å². The molecular weight excluding hydrogens is 973 g/mol. The molecule has 0 radical (unpaired) electrons. The van der Waals surface area contributed by atoms with Gasteiger partial charge in [-0.3, -0.25) is 0 Å². The van der Waals surface area contributed by atoms with Crippen LogP contribution >= 0.6 is 0 Å². The summed E-state index contributed by atoms with van der Waals surface area (Å²) in [6, 6.07) is 59.4. The van der Waals surface area contributed by atoms with Gasteiger partial charge in [-0.2, -0.15) is 0 Å². The Balaban J connectivity index is 0.878. The Kier molecular flexibility index (Phi) is 9.41. The SMILES string of the molecule is CC1=CC(C)C2C3C(=CC=CC13)C1=C(c3ccccc3)C3=C(c4ccc(-c5ccc6c7c(cccc57)C5=C6C(c6ccccc6)=C6C7=CC=CC8C(C)=CC=C(C6C5C5=CCCC=C5)C78C)c5cccc3c45)C(c3ccccc3)C12C. The molecule has 0 nitrogen and oxygen atoms in total. The Morgan fingerprint density at radius 3 is 1.85 bits per heavy atom. The fourth-order valence-electron chi connectivity index (χ4n) is 19.7. The summed E-state index contributed by atoms with van der Waals surface area (Å²) >= 11 is 0. The van der Waals surface area contributed by atoms with Crippen LogP contribution in [-0.2, 0) is 0 Å². The highest BCUT2D eigenvalue weighted by atomic mass is 14.7. The van der Waals surface area contributed by atoms with E-state index in [0.717, 1.165) is 12.8 Å². The lowest BCUT2D eigenvalue weighted by molar-refractivity contribution is 0.137. The van der Waals surface area contributed by atoms with Gasteiger partial charge in [-0.05, 0) is 177 Å². The first kappa shape index (κ1) is 46.4. The maximum atomic E-state index is 2.69. The van der Waals surface area contributed by atoms with Crippen LogP contribution in [0.15, 0.2) is 269 Å². The van der Waals surface area contributed by atoms with E-state index >= 15 is 0 Å². The molecule has 10 unspecified atom stereocenters. The highest BCUT2D eigenvalue weighted by molar-refractivity contribution is 6.32. The van der Waals surface area contributed by atoms with Crippen LogP contribution in [0.3, 0.4) is 0 Å². The Morgan fingerprint density at radius 2 is 1.14 bits per heavy atom. The van der Waals surface area contributed by atoms with E-state index in [1.165, 1.54) is 133 Å². The summed E-state index contributed by atoms with van der Waals surface area (Å²) in [4.78, 5) is 0. The molecule has 0 spiro atoms. The molecule has 7 aromatic carbocycles. The summed E-state index contributed by atoms with van der Waals surface area (Å²) in [5, 5.41) is 5.49. The summed E-state index contributed by atoms with van der Waals surface area (Å²) in [7, 11) is 0. The average molecular weight is 1040 g/mol. The molecule has 11 aliphatic carbocycles. The van der Waals surface area contributed by atoms with Gasteiger partial charge in [0.25, 0.3) is 0 Å². The first-order chi connectivity index (χ1) is 39.8. The summed E-state index contributed by atoms with van der Waals surface area (Å²) in [6.07, 6.45) is 32.1. The third-order valence-corrected chi connectivity index (χ3v) is 22.4. The lowest BCUT2D eigenvalue weighted by Gasteiger charge is -2.50. The largest absolute Gasteiger partial charge is 0.0839 e. The molecule has 0 amide bonds. The highest BCUT2D eigenvalue weighted by Gasteiger charge is 2.64. The van der Waals surface area contributed by atoms with Gasteiger partial charge in [0.05, 0.1) is 0 Å². The molecule has 0 heteroatoms. The Labute approximate surface area is 477 Å². The lowest BCUT2D eigenvalue weighted by atomic mass is 9.53. The van der Waals surface area contributed by atoms with E-state index in [1.54, 1.807) is 16.7 Å². The molecule has 2 fully saturated rings. The third-order valence-electron chi connectivity index (χ3n) is 22.4. The van der Waals surface area contributed by atoms with E-state index < -0.39 is 0 Å². The van der Waals surface area contributed by atoms with E-state index in [0.29, 0.717) is 29.6 Å². The van der Waals surface area contributed by atoms with Crippen LogP contribution in [0.25, 0.3) is 66.1 Å². The Bertz CT molecular complexity index is 4520. The van der Waals surface area contributed by atoms with Crippen molar-refractivity contribution in [2.24, 2.45) is 52.3 Å². The zero-order chi connectivity index (χ0) is 53.8. The molecule has 0 aromatic heterocycles. The first-order valence-electron chi connectivity index (χ1n) is 30.3. The predicted molar refractivity (Wildman–Crippen MR) is 339 cm³/mol. The van der Waals surface area contributed by atoms with Gasteiger partial charge in [-0.25, -0.2) is 0 Å². The van der Waals surface area contributed by atoms with Gasteiger partial charge in [0, 0.05) is 40.4 Å². The van der Waals surface area contributed by atoms with Gasteiger partial charge < -0.3 is 0 Å². The summed E-state index contributed by atoms with van der Waals surface area (Å²) in [5.74, 6) is 2.60. The number of allylic oxidation sites excluding steroid dienone is 26. The number of benzene rings is 7. The van der Waals surface area contributed by atoms with Crippen LogP contribution in [0.1, 0.15) is 92.3 Å².